The summed E-state index contributed by atoms with van der Waals surface area (Å²) in [4.78, 5) is 21.1. The van der Waals surface area contributed by atoms with E-state index in [2.05, 4.69) is 0 Å². The van der Waals surface area contributed by atoms with Crippen molar-refractivity contribution in [1.29, 1.82) is 0 Å². The van der Waals surface area contributed by atoms with Crippen LogP contribution in [-0.2, 0) is 9.59 Å². The lowest BCUT2D eigenvalue weighted by Crippen LogP contribution is -2.40. The van der Waals surface area contributed by atoms with Gasteiger partial charge >= 0.3 is 0 Å². The van der Waals surface area contributed by atoms with Crippen molar-refractivity contribution in [2.24, 2.45) is 17.4 Å². The predicted octanol–water partition coefficient (Wildman–Crippen LogP) is -0.586. The van der Waals surface area contributed by atoms with E-state index in [1.807, 2.05) is 13.8 Å². The highest BCUT2D eigenvalue weighted by molar-refractivity contribution is 6.37. The maximum atomic E-state index is 10.8. The number of ketones is 1. The summed E-state index contributed by atoms with van der Waals surface area (Å²) < 4.78 is 0. The zero-order valence-corrected chi connectivity index (χ0v) is 6.83. The highest BCUT2D eigenvalue weighted by Crippen LogP contribution is 2.02. The fourth-order valence-electron chi connectivity index (χ4n) is 0.798. The number of carbonyl (C=O) groups excluding carboxylic acids is 2. The molecule has 0 rings (SSSR count). The summed E-state index contributed by atoms with van der Waals surface area (Å²) in [6, 6.07) is -0.729. The SMILES string of the molecule is CC(C)C[C@H](N)C(=O)C(N)=O. The van der Waals surface area contributed by atoms with E-state index in [1.165, 1.54) is 0 Å². The van der Waals surface area contributed by atoms with Crippen molar-refractivity contribution >= 4 is 11.7 Å². The van der Waals surface area contributed by atoms with Gasteiger partial charge in [0, 0.05) is 0 Å². The molecule has 0 saturated heterocycles. The van der Waals surface area contributed by atoms with Crippen molar-refractivity contribution < 1.29 is 9.59 Å². The van der Waals surface area contributed by atoms with Crippen LogP contribution in [0.15, 0.2) is 0 Å². The van der Waals surface area contributed by atoms with Gasteiger partial charge in [-0.25, -0.2) is 0 Å². The molecule has 4 heteroatoms. The van der Waals surface area contributed by atoms with Crippen LogP contribution in [-0.4, -0.2) is 17.7 Å². The van der Waals surface area contributed by atoms with E-state index in [0.29, 0.717) is 12.3 Å². The molecule has 0 aromatic carbocycles. The van der Waals surface area contributed by atoms with Gasteiger partial charge in [-0.05, 0) is 12.3 Å². The largest absolute Gasteiger partial charge is 0.363 e. The number of hydrogen-bond donors (Lipinski definition) is 2. The van der Waals surface area contributed by atoms with Gasteiger partial charge in [-0.1, -0.05) is 13.8 Å². The molecule has 0 aromatic rings. The number of nitrogens with two attached hydrogens (primary N) is 2. The first-order valence-corrected chi connectivity index (χ1v) is 3.54. The van der Waals surface area contributed by atoms with Gasteiger partial charge < -0.3 is 11.5 Å². The van der Waals surface area contributed by atoms with Crippen LogP contribution in [0.2, 0.25) is 0 Å². The second-order valence-electron chi connectivity index (χ2n) is 2.96. The molecule has 11 heavy (non-hydrogen) atoms. The topological polar surface area (TPSA) is 86.2 Å². The van der Waals surface area contributed by atoms with Crippen LogP contribution in [0.25, 0.3) is 0 Å². The quantitative estimate of drug-likeness (QED) is 0.536. The first-order valence-electron chi connectivity index (χ1n) is 3.54. The third-order valence-electron chi connectivity index (χ3n) is 1.30. The smallest absolute Gasteiger partial charge is 0.286 e. The zero-order chi connectivity index (χ0) is 9.02. The molecule has 0 spiro atoms. The summed E-state index contributed by atoms with van der Waals surface area (Å²) in [7, 11) is 0. The summed E-state index contributed by atoms with van der Waals surface area (Å²) in [6.45, 7) is 3.85. The Morgan fingerprint density at radius 3 is 2.09 bits per heavy atom. The Bertz CT molecular complexity index is 166. The molecular formula is C7H14N2O2. The normalized spacial score (nSPS) is 13.1. The lowest BCUT2D eigenvalue weighted by Gasteiger charge is -2.09. The minimum Gasteiger partial charge on any atom is -0.363 e. The number of rotatable bonds is 4. The van der Waals surface area contributed by atoms with Gasteiger partial charge in [-0.2, -0.15) is 0 Å². The van der Waals surface area contributed by atoms with E-state index in [1.54, 1.807) is 0 Å². The molecule has 0 aliphatic carbocycles. The van der Waals surface area contributed by atoms with E-state index >= 15 is 0 Å². The fourth-order valence-corrected chi connectivity index (χ4v) is 0.798. The second-order valence-corrected chi connectivity index (χ2v) is 2.96. The van der Waals surface area contributed by atoms with Gasteiger partial charge in [0.2, 0.25) is 5.78 Å². The minimum atomic E-state index is -0.946. The first kappa shape index (κ1) is 10.1. The molecule has 4 nitrogen and oxygen atoms in total. The summed E-state index contributed by atoms with van der Waals surface area (Å²) in [5.41, 5.74) is 10.1. The molecule has 0 heterocycles. The lowest BCUT2D eigenvalue weighted by atomic mass is 10.0. The maximum absolute atomic E-state index is 10.8. The molecule has 0 aliphatic rings. The first-order chi connectivity index (χ1) is 4.95. The number of amides is 1. The highest BCUT2D eigenvalue weighted by Gasteiger charge is 2.19. The van der Waals surface area contributed by atoms with E-state index < -0.39 is 17.7 Å². The third-order valence-corrected chi connectivity index (χ3v) is 1.30. The van der Waals surface area contributed by atoms with E-state index in [-0.39, 0.29) is 0 Å². The number of primary amides is 1. The Labute approximate surface area is 65.9 Å². The molecule has 0 bridgehead atoms. The van der Waals surface area contributed by atoms with Crippen molar-refractivity contribution in [3.05, 3.63) is 0 Å². The van der Waals surface area contributed by atoms with Gasteiger partial charge in [0.25, 0.3) is 5.91 Å². The van der Waals surface area contributed by atoms with Crippen molar-refractivity contribution in [2.45, 2.75) is 26.3 Å². The number of Topliss-reactive ketones (excluding diaryl/α,β-unsaturated/α-hetero) is 1. The molecule has 1 amide bonds. The molecule has 0 fully saturated rings. The van der Waals surface area contributed by atoms with Crippen molar-refractivity contribution in [2.75, 3.05) is 0 Å². The number of carbonyl (C=O) groups is 2. The van der Waals surface area contributed by atoms with Crippen molar-refractivity contribution in [3.8, 4) is 0 Å². The molecule has 64 valence electrons. The lowest BCUT2D eigenvalue weighted by molar-refractivity contribution is -0.136. The van der Waals surface area contributed by atoms with Crippen LogP contribution < -0.4 is 11.5 Å². The Hall–Kier alpha value is -0.900. The van der Waals surface area contributed by atoms with Crippen LogP contribution in [0.1, 0.15) is 20.3 Å². The highest BCUT2D eigenvalue weighted by atomic mass is 16.2. The van der Waals surface area contributed by atoms with E-state index in [4.69, 9.17) is 11.5 Å². The average molecular weight is 158 g/mol. The van der Waals surface area contributed by atoms with E-state index in [0.717, 1.165) is 0 Å². The number of hydrogen-bond acceptors (Lipinski definition) is 3. The molecule has 0 unspecified atom stereocenters. The van der Waals surface area contributed by atoms with Crippen LogP contribution in [0.3, 0.4) is 0 Å². The summed E-state index contributed by atoms with van der Waals surface area (Å²) >= 11 is 0. The van der Waals surface area contributed by atoms with Crippen molar-refractivity contribution in [1.82, 2.24) is 0 Å². The van der Waals surface area contributed by atoms with Gasteiger partial charge in [0.15, 0.2) is 0 Å². The predicted molar refractivity (Wildman–Crippen MR) is 41.6 cm³/mol. The summed E-state index contributed by atoms with van der Waals surface area (Å²) in [6.07, 6.45) is 0.502. The van der Waals surface area contributed by atoms with Gasteiger partial charge in [0.1, 0.15) is 0 Å². The summed E-state index contributed by atoms with van der Waals surface area (Å²) in [5, 5.41) is 0. The molecule has 0 aromatic heterocycles. The summed E-state index contributed by atoms with van der Waals surface area (Å²) in [5.74, 6) is -1.33. The molecule has 1 atom stereocenters. The monoisotopic (exact) mass is 158 g/mol. The Kier molecular flexibility index (Phi) is 3.74. The Morgan fingerprint density at radius 2 is 1.82 bits per heavy atom. The molecule has 0 radical (unpaired) electrons. The average Bonchev–Trinajstić information content (AvgIpc) is 1.84. The van der Waals surface area contributed by atoms with Gasteiger partial charge in [0.05, 0.1) is 6.04 Å². The van der Waals surface area contributed by atoms with Crippen LogP contribution >= 0.6 is 0 Å². The van der Waals surface area contributed by atoms with Crippen molar-refractivity contribution in [3.63, 3.8) is 0 Å². The standard InChI is InChI=1S/C7H14N2O2/c1-4(2)3-5(8)6(10)7(9)11/h4-5H,3,8H2,1-2H3,(H2,9,11)/t5-/m0/s1. The molecule has 0 saturated carbocycles. The van der Waals surface area contributed by atoms with Crippen LogP contribution in [0.5, 0.6) is 0 Å². The van der Waals surface area contributed by atoms with Crippen LogP contribution in [0, 0.1) is 5.92 Å². The van der Waals surface area contributed by atoms with Gasteiger partial charge in [-0.3, -0.25) is 9.59 Å². The maximum Gasteiger partial charge on any atom is 0.286 e. The Morgan fingerprint density at radius 1 is 1.36 bits per heavy atom. The van der Waals surface area contributed by atoms with Crippen LogP contribution in [0.4, 0.5) is 0 Å². The Balaban J connectivity index is 3.93. The zero-order valence-electron chi connectivity index (χ0n) is 6.83. The molecule has 4 N–H and O–H groups in total. The van der Waals surface area contributed by atoms with E-state index in [9.17, 15) is 9.59 Å². The van der Waals surface area contributed by atoms with Gasteiger partial charge in [-0.15, -0.1) is 0 Å². The third kappa shape index (κ3) is 3.72. The molecule has 0 aliphatic heterocycles. The molecular weight excluding hydrogens is 144 g/mol. The fraction of sp³-hybridized carbons (Fsp3) is 0.714. The minimum absolute atomic E-state index is 0.299. The second kappa shape index (κ2) is 4.08.